The highest BCUT2D eigenvalue weighted by Crippen LogP contribution is 2.37. The van der Waals surface area contributed by atoms with E-state index in [1.54, 1.807) is 0 Å². The molecular weight excluding hydrogens is 342 g/mol. The van der Waals surface area contributed by atoms with E-state index < -0.39 is 30.0 Å². The van der Waals surface area contributed by atoms with Crippen molar-refractivity contribution in [3.05, 3.63) is 24.3 Å². The topological polar surface area (TPSA) is 77.8 Å². The van der Waals surface area contributed by atoms with Gasteiger partial charge in [-0.3, -0.25) is 4.79 Å². The van der Waals surface area contributed by atoms with Crippen LogP contribution in [0.4, 0.5) is 8.78 Å². The minimum atomic E-state index is -2.89. The number of alkyl halides is 2. The summed E-state index contributed by atoms with van der Waals surface area (Å²) in [5.74, 6) is -4.52. The van der Waals surface area contributed by atoms with Crippen molar-refractivity contribution in [1.82, 2.24) is 0 Å². The number of aliphatic carboxylic acids is 1. The maximum atomic E-state index is 13.9. The number of allylic oxidation sites excluding steroid dienone is 3. The summed E-state index contributed by atoms with van der Waals surface area (Å²) in [7, 11) is 0. The fourth-order valence-electron chi connectivity index (χ4n) is 3.39. The van der Waals surface area contributed by atoms with Crippen molar-refractivity contribution in [3.8, 4) is 0 Å². The Hall–Kier alpha value is -1.27. The number of aliphatic hydroxyl groups excluding tert-OH is 2. The number of carboxylic acid groups (broad SMARTS) is 1. The molecule has 0 heterocycles. The summed E-state index contributed by atoms with van der Waals surface area (Å²) >= 11 is 0. The molecule has 26 heavy (non-hydrogen) atoms. The number of aliphatic hydroxyl groups is 2. The lowest BCUT2D eigenvalue weighted by Crippen LogP contribution is -2.21. The molecule has 0 saturated heterocycles. The number of carbonyl (C=O) groups is 1. The van der Waals surface area contributed by atoms with Crippen LogP contribution in [0.5, 0.6) is 0 Å². The predicted octanol–water partition coefficient (Wildman–Crippen LogP) is 4.32. The highest BCUT2D eigenvalue weighted by atomic mass is 19.3. The molecule has 0 aromatic carbocycles. The number of hydrogen-bond acceptors (Lipinski definition) is 3. The molecule has 0 aromatic heterocycles. The van der Waals surface area contributed by atoms with Crippen LogP contribution in [0.15, 0.2) is 24.3 Å². The van der Waals surface area contributed by atoms with Crippen molar-refractivity contribution in [2.24, 2.45) is 11.8 Å². The molecule has 0 bridgehead atoms. The third kappa shape index (κ3) is 8.41. The van der Waals surface area contributed by atoms with Crippen LogP contribution < -0.4 is 0 Å². The molecule has 1 rings (SSSR count). The first kappa shape index (κ1) is 22.8. The van der Waals surface area contributed by atoms with E-state index >= 15 is 0 Å². The summed E-state index contributed by atoms with van der Waals surface area (Å²) in [4.78, 5) is 10.4. The molecule has 0 unspecified atom stereocenters. The van der Waals surface area contributed by atoms with Crippen LogP contribution in [0.3, 0.4) is 0 Å². The van der Waals surface area contributed by atoms with Crippen LogP contribution in [0, 0.1) is 11.8 Å². The lowest BCUT2D eigenvalue weighted by molar-refractivity contribution is -0.137. The smallest absolute Gasteiger partial charge is 0.303 e. The molecule has 0 aromatic rings. The van der Waals surface area contributed by atoms with Gasteiger partial charge >= 0.3 is 5.97 Å². The standard InChI is InChI=1S/C20H32F2O4/c1-2-3-8-12-20(21,22)13-11-16-15(17(23)14-18(16)24)9-6-4-5-7-10-19(25)26/h4,6,11,13,15-18,23-24H,2-3,5,7-10,12,14H2,1H3,(H,25,26)/b6-4-,13-11+/t15-,16-,17+,18-/m1/s1. The van der Waals surface area contributed by atoms with E-state index in [0.29, 0.717) is 25.7 Å². The number of unbranched alkanes of at least 4 members (excludes halogenated alkanes) is 3. The first-order valence-corrected chi connectivity index (χ1v) is 9.57. The maximum absolute atomic E-state index is 13.9. The highest BCUT2D eigenvalue weighted by Gasteiger charge is 2.40. The summed E-state index contributed by atoms with van der Waals surface area (Å²) in [5.41, 5.74) is 0. The maximum Gasteiger partial charge on any atom is 0.303 e. The van der Waals surface area contributed by atoms with Crippen molar-refractivity contribution in [3.63, 3.8) is 0 Å². The van der Waals surface area contributed by atoms with Gasteiger partial charge in [-0.15, -0.1) is 0 Å². The molecule has 1 saturated carbocycles. The zero-order valence-corrected chi connectivity index (χ0v) is 15.5. The Labute approximate surface area is 154 Å². The third-order valence-corrected chi connectivity index (χ3v) is 4.93. The van der Waals surface area contributed by atoms with E-state index in [1.165, 1.54) is 6.08 Å². The van der Waals surface area contributed by atoms with Gasteiger partial charge in [0, 0.05) is 25.2 Å². The van der Waals surface area contributed by atoms with E-state index in [9.17, 15) is 23.8 Å². The number of hydrogen-bond donors (Lipinski definition) is 3. The first-order chi connectivity index (χ1) is 12.3. The van der Waals surface area contributed by atoms with Gasteiger partial charge in [-0.05, 0) is 37.7 Å². The van der Waals surface area contributed by atoms with E-state index in [4.69, 9.17) is 5.11 Å². The van der Waals surface area contributed by atoms with Crippen LogP contribution in [-0.2, 0) is 4.79 Å². The second-order valence-electron chi connectivity index (χ2n) is 7.18. The molecular formula is C20H32F2O4. The van der Waals surface area contributed by atoms with Crippen molar-refractivity contribution in [1.29, 1.82) is 0 Å². The zero-order valence-electron chi connectivity index (χ0n) is 15.5. The molecule has 4 nitrogen and oxygen atoms in total. The molecule has 3 N–H and O–H groups in total. The molecule has 4 atom stereocenters. The molecule has 1 aliphatic rings. The van der Waals surface area contributed by atoms with Crippen molar-refractivity contribution in [2.75, 3.05) is 0 Å². The summed E-state index contributed by atoms with van der Waals surface area (Å²) in [6.45, 7) is 1.96. The number of halogens is 2. The fraction of sp³-hybridized carbons (Fsp3) is 0.750. The van der Waals surface area contributed by atoms with Gasteiger partial charge < -0.3 is 15.3 Å². The lowest BCUT2D eigenvalue weighted by atomic mass is 9.89. The summed E-state index contributed by atoms with van der Waals surface area (Å²) in [6.07, 6.45) is 8.24. The zero-order chi connectivity index (χ0) is 19.6. The van der Waals surface area contributed by atoms with Gasteiger partial charge in [-0.2, -0.15) is 0 Å². The number of rotatable bonds is 12. The molecule has 6 heteroatoms. The predicted molar refractivity (Wildman–Crippen MR) is 97.1 cm³/mol. The molecule has 1 aliphatic carbocycles. The first-order valence-electron chi connectivity index (χ1n) is 9.57. The van der Waals surface area contributed by atoms with E-state index in [-0.39, 0.29) is 25.2 Å². The molecule has 0 aliphatic heterocycles. The van der Waals surface area contributed by atoms with Gasteiger partial charge in [-0.1, -0.05) is 38.0 Å². The van der Waals surface area contributed by atoms with Gasteiger partial charge in [0.15, 0.2) is 0 Å². The lowest BCUT2D eigenvalue weighted by Gasteiger charge is -2.20. The Morgan fingerprint density at radius 3 is 2.54 bits per heavy atom. The molecule has 150 valence electrons. The largest absolute Gasteiger partial charge is 0.481 e. The van der Waals surface area contributed by atoms with Crippen molar-refractivity contribution >= 4 is 5.97 Å². The van der Waals surface area contributed by atoms with Gasteiger partial charge in [0.25, 0.3) is 5.92 Å². The van der Waals surface area contributed by atoms with E-state index in [0.717, 1.165) is 18.9 Å². The second kappa shape index (κ2) is 11.4. The van der Waals surface area contributed by atoms with Crippen LogP contribution >= 0.6 is 0 Å². The summed E-state index contributed by atoms with van der Waals surface area (Å²) < 4.78 is 27.8. The molecule has 1 fully saturated rings. The Balaban J connectivity index is 2.56. The van der Waals surface area contributed by atoms with E-state index in [1.807, 2.05) is 19.1 Å². The van der Waals surface area contributed by atoms with Crippen LogP contribution in [-0.4, -0.2) is 39.4 Å². The van der Waals surface area contributed by atoms with Crippen molar-refractivity contribution in [2.45, 2.75) is 82.8 Å². The average molecular weight is 374 g/mol. The summed E-state index contributed by atoms with van der Waals surface area (Å²) in [6, 6.07) is 0. The fourth-order valence-corrected chi connectivity index (χ4v) is 3.39. The monoisotopic (exact) mass is 374 g/mol. The quantitative estimate of drug-likeness (QED) is 0.351. The van der Waals surface area contributed by atoms with Gasteiger partial charge in [-0.25, -0.2) is 8.78 Å². The van der Waals surface area contributed by atoms with Crippen LogP contribution in [0.2, 0.25) is 0 Å². The minimum Gasteiger partial charge on any atom is -0.481 e. The Morgan fingerprint density at radius 2 is 1.88 bits per heavy atom. The van der Waals surface area contributed by atoms with Gasteiger partial charge in [0.2, 0.25) is 0 Å². The molecule has 0 amide bonds. The average Bonchev–Trinajstić information content (AvgIpc) is 2.82. The second-order valence-corrected chi connectivity index (χ2v) is 7.18. The SMILES string of the molecule is CCCCCC(F)(F)/C=C/[C@@H]1[C@@H](C/C=C\CCCC(=O)O)[C@@H](O)C[C@H]1O. The van der Waals surface area contributed by atoms with Gasteiger partial charge in [0.05, 0.1) is 12.2 Å². The van der Waals surface area contributed by atoms with Crippen LogP contribution in [0.1, 0.15) is 64.7 Å². The van der Waals surface area contributed by atoms with Crippen LogP contribution in [0.25, 0.3) is 0 Å². The number of carboxylic acids is 1. The molecule has 0 spiro atoms. The third-order valence-electron chi connectivity index (χ3n) is 4.93. The van der Waals surface area contributed by atoms with E-state index in [2.05, 4.69) is 0 Å². The Bertz CT molecular complexity index is 476. The summed E-state index contributed by atoms with van der Waals surface area (Å²) in [5, 5.41) is 28.8. The van der Waals surface area contributed by atoms with Crippen molar-refractivity contribution < 1.29 is 28.9 Å². The Morgan fingerprint density at radius 1 is 1.15 bits per heavy atom. The normalized spacial score (nSPS) is 27.0. The molecule has 0 radical (unpaired) electrons. The van der Waals surface area contributed by atoms with Gasteiger partial charge in [0.1, 0.15) is 0 Å². The Kier molecular flexibility index (Phi) is 10.0. The minimum absolute atomic E-state index is 0.105. The highest BCUT2D eigenvalue weighted by molar-refractivity contribution is 5.66.